The minimum absolute atomic E-state index is 0.139. The van der Waals surface area contributed by atoms with Crippen molar-refractivity contribution in [1.29, 1.82) is 0 Å². The highest BCUT2D eigenvalue weighted by Crippen LogP contribution is 2.25. The highest BCUT2D eigenvalue weighted by atomic mass is 32.2. The van der Waals surface area contributed by atoms with Crippen LogP contribution in [0.3, 0.4) is 0 Å². The average Bonchev–Trinajstić information content (AvgIpc) is 2.94. The Morgan fingerprint density at radius 2 is 1.88 bits per heavy atom. The summed E-state index contributed by atoms with van der Waals surface area (Å²) in [5.41, 5.74) is 6.04. The normalized spacial score (nSPS) is 11.4. The number of thiazole rings is 1. The summed E-state index contributed by atoms with van der Waals surface area (Å²) < 4.78 is 36.6. The van der Waals surface area contributed by atoms with Gasteiger partial charge in [0, 0.05) is 11.8 Å². The summed E-state index contributed by atoms with van der Waals surface area (Å²) in [7, 11) is -3.31. The number of nitrogens with zero attached hydrogens (tertiary/aromatic N) is 1. The van der Waals surface area contributed by atoms with Gasteiger partial charge in [0.1, 0.15) is 5.82 Å². The van der Waals surface area contributed by atoms with E-state index in [4.69, 9.17) is 0 Å². The molecular weight excluding hydrogens is 353 g/mol. The molecule has 1 aromatic heterocycles. The molecule has 124 valence electrons. The van der Waals surface area contributed by atoms with Gasteiger partial charge in [0.15, 0.2) is 9.84 Å². The predicted molar refractivity (Wildman–Crippen MR) is 90.2 cm³/mol. The van der Waals surface area contributed by atoms with Crippen LogP contribution in [0.5, 0.6) is 0 Å². The van der Waals surface area contributed by atoms with Crippen LogP contribution in [0.2, 0.25) is 0 Å². The Hall–Kier alpha value is -2.52. The number of carbonyl (C=O) groups is 1. The van der Waals surface area contributed by atoms with E-state index in [-0.39, 0.29) is 10.7 Å². The number of carbonyl (C=O) groups excluding carboxylic acids is 1. The third kappa shape index (κ3) is 3.52. The standard InChI is InChI=1S/C15H12FN3O3S2/c1-24(21,22)11-5-2-9(3-6-11)14(20)18-19-15-17-12-7-4-10(16)8-13(12)23-15/h2-8H,1H3,(H,17,19)(H,18,20). The molecule has 0 saturated heterocycles. The predicted octanol–water partition coefficient (Wildman–Crippen LogP) is 2.60. The first-order valence-corrected chi connectivity index (χ1v) is 9.46. The van der Waals surface area contributed by atoms with Gasteiger partial charge in [-0.1, -0.05) is 11.3 Å². The van der Waals surface area contributed by atoms with E-state index in [9.17, 15) is 17.6 Å². The summed E-state index contributed by atoms with van der Waals surface area (Å²) in [5.74, 6) is -0.798. The molecule has 9 heteroatoms. The SMILES string of the molecule is CS(=O)(=O)c1ccc(C(=O)NNc2nc3ccc(F)cc3s2)cc1. The molecule has 3 rings (SSSR count). The molecule has 0 aliphatic heterocycles. The summed E-state index contributed by atoms with van der Waals surface area (Å²) >= 11 is 1.20. The number of sulfone groups is 1. The second kappa shape index (κ2) is 6.17. The maximum Gasteiger partial charge on any atom is 0.269 e. The van der Waals surface area contributed by atoms with Crippen LogP contribution >= 0.6 is 11.3 Å². The Morgan fingerprint density at radius 3 is 2.54 bits per heavy atom. The fourth-order valence-electron chi connectivity index (χ4n) is 1.99. The first kappa shape index (κ1) is 16.3. The van der Waals surface area contributed by atoms with Crippen LogP contribution in [0.4, 0.5) is 9.52 Å². The first-order valence-electron chi connectivity index (χ1n) is 6.75. The fraction of sp³-hybridized carbons (Fsp3) is 0.0667. The lowest BCUT2D eigenvalue weighted by Crippen LogP contribution is -2.29. The smallest absolute Gasteiger partial charge is 0.269 e. The zero-order valence-electron chi connectivity index (χ0n) is 12.4. The van der Waals surface area contributed by atoms with E-state index in [1.807, 2.05) is 0 Å². The maximum absolute atomic E-state index is 13.1. The Kier molecular flexibility index (Phi) is 4.20. The van der Waals surface area contributed by atoms with Gasteiger partial charge in [0.2, 0.25) is 5.13 Å². The number of amides is 1. The van der Waals surface area contributed by atoms with E-state index < -0.39 is 15.7 Å². The summed E-state index contributed by atoms with van der Waals surface area (Å²) in [6.45, 7) is 0. The molecule has 0 radical (unpaired) electrons. The molecule has 3 aromatic rings. The zero-order valence-corrected chi connectivity index (χ0v) is 14.0. The van der Waals surface area contributed by atoms with Gasteiger partial charge in [-0.2, -0.15) is 0 Å². The lowest BCUT2D eigenvalue weighted by atomic mass is 10.2. The summed E-state index contributed by atoms with van der Waals surface area (Å²) in [6, 6.07) is 9.80. The van der Waals surface area contributed by atoms with Gasteiger partial charge in [-0.25, -0.2) is 17.8 Å². The van der Waals surface area contributed by atoms with E-state index in [1.54, 1.807) is 6.07 Å². The van der Waals surface area contributed by atoms with E-state index in [0.717, 1.165) is 6.26 Å². The highest BCUT2D eigenvalue weighted by Gasteiger charge is 2.11. The van der Waals surface area contributed by atoms with Crippen molar-refractivity contribution in [2.75, 3.05) is 11.7 Å². The van der Waals surface area contributed by atoms with E-state index in [0.29, 0.717) is 20.9 Å². The van der Waals surface area contributed by atoms with Crippen molar-refractivity contribution < 1.29 is 17.6 Å². The second-order valence-corrected chi connectivity index (χ2v) is 8.05. The topological polar surface area (TPSA) is 88.2 Å². The van der Waals surface area contributed by atoms with Crippen LogP contribution in [0.25, 0.3) is 10.2 Å². The molecule has 0 aliphatic rings. The molecule has 6 nitrogen and oxygen atoms in total. The number of hydrogen-bond donors (Lipinski definition) is 2. The molecule has 0 unspecified atom stereocenters. The lowest BCUT2D eigenvalue weighted by molar-refractivity contribution is 0.0962. The van der Waals surface area contributed by atoms with Gasteiger partial charge in [0.05, 0.1) is 15.1 Å². The summed E-state index contributed by atoms with van der Waals surface area (Å²) in [5, 5.41) is 0.414. The van der Waals surface area contributed by atoms with Gasteiger partial charge < -0.3 is 0 Å². The molecule has 0 saturated carbocycles. The van der Waals surface area contributed by atoms with E-state index >= 15 is 0 Å². The first-order chi connectivity index (χ1) is 11.3. The summed E-state index contributed by atoms with van der Waals surface area (Å²) in [4.78, 5) is 16.4. The van der Waals surface area contributed by atoms with Crippen molar-refractivity contribution in [3.05, 3.63) is 53.8 Å². The van der Waals surface area contributed by atoms with Crippen LogP contribution in [0, 0.1) is 5.82 Å². The van der Waals surface area contributed by atoms with Crippen LogP contribution < -0.4 is 10.9 Å². The number of nitrogens with one attached hydrogen (secondary N) is 2. The van der Waals surface area contributed by atoms with Gasteiger partial charge >= 0.3 is 0 Å². The third-order valence-corrected chi connectivity index (χ3v) is 5.24. The average molecular weight is 365 g/mol. The number of halogens is 1. The van der Waals surface area contributed by atoms with Crippen molar-refractivity contribution in [2.24, 2.45) is 0 Å². The molecule has 0 aliphatic carbocycles. The lowest BCUT2D eigenvalue weighted by Gasteiger charge is -2.06. The molecular formula is C15H12FN3O3S2. The van der Waals surface area contributed by atoms with E-state index in [1.165, 1.54) is 47.7 Å². The molecule has 24 heavy (non-hydrogen) atoms. The van der Waals surface area contributed by atoms with E-state index in [2.05, 4.69) is 15.8 Å². The van der Waals surface area contributed by atoms with Crippen molar-refractivity contribution in [1.82, 2.24) is 10.4 Å². The van der Waals surface area contributed by atoms with Gasteiger partial charge in [-0.05, 0) is 42.5 Å². The number of benzene rings is 2. The molecule has 2 N–H and O–H groups in total. The van der Waals surface area contributed by atoms with Crippen molar-refractivity contribution >= 4 is 42.4 Å². The Labute approximate surface area is 141 Å². The second-order valence-electron chi connectivity index (χ2n) is 5.01. The molecule has 0 bridgehead atoms. The number of anilines is 1. The third-order valence-electron chi connectivity index (χ3n) is 3.18. The van der Waals surface area contributed by atoms with Crippen LogP contribution in [0.1, 0.15) is 10.4 Å². The van der Waals surface area contributed by atoms with Gasteiger partial charge in [-0.15, -0.1) is 0 Å². The molecule has 0 fully saturated rings. The number of hydrazine groups is 1. The maximum atomic E-state index is 13.1. The monoisotopic (exact) mass is 365 g/mol. The minimum Gasteiger partial charge on any atom is -0.273 e. The van der Waals surface area contributed by atoms with Crippen molar-refractivity contribution in [3.63, 3.8) is 0 Å². The van der Waals surface area contributed by atoms with Crippen LogP contribution in [0.15, 0.2) is 47.4 Å². The Balaban J connectivity index is 1.70. The van der Waals surface area contributed by atoms with Crippen molar-refractivity contribution in [2.45, 2.75) is 4.90 Å². The van der Waals surface area contributed by atoms with Crippen LogP contribution in [-0.4, -0.2) is 25.6 Å². The number of aromatic nitrogens is 1. The zero-order chi connectivity index (χ0) is 17.3. The minimum atomic E-state index is -3.31. The number of hydrogen-bond acceptors (Lipinski definition) is 6. The van der Waals surface area contributed by atoms with Gasteiger partial charge in [-0.3, -0.25) is 15.6 Å². The van der Waals surface area contributed by atoms with Crippen LogP contribution in [-0.2, 0) is 9.84 Å². The Morgan fingerprint density at radius 1 is 1.17 bits per heavy atom. The molecule has 2 aromatic carbocycles. The fourth-order valence-corrected chi connectivity index (χ4v) is 3.46. The molecule has 0 atom stereocenters. The largest absolute Gasteiger partial charge is 0.273 e. The highest BCUT2D eigenvalue weighted by molar-refractivity contribution is 7.90. The van der Waals surface area contributed by atoms with Gasteiger partial charge in [0.25, 0.3) is 5.91 Å². The molecule has 0 spiro atoms. The quantitative estimate of drug-likeness (QED) is 0.694. The number of fused-ring (bicyclic) bond motifs is 1. The van der Waals surface area contributed by atoms with Crippen molar-refractivity contribution in [3.8, 4) is 0 Å². The number of rotatable bonds is 4. The molecule has 1 amide bonds. The molecule has 1 heterocycles. The summed E-state index contributed by atoms with van der Waals surface area (Å²) in [6.07, 6.45) is 1.10. The Bertz CT molecular complexity index is 1010.